The molecule has 0 bridgehead atoms. The normalized spacial score (nSPS) is 21.5. The maximum Gasteiger partial charge on any atom is 0.506 e. The quantitative estimate of drug-likeness (QED) is 0.310. The van der Waals surface area contributed by atoms with Crippen molar-refractivity contribution in [2.75, 3.05) is 50.8 Å². The van der Waals surface area contributed by atoms with Crippen LogP contribution in [0.4, 0.5) is 15.4 Å². The SMILES string of the molecule is CCCCOC(=O)N1CCN(C(=O)[C@H](CC)NC(=O)c2cc(N3C[C@@H]4C(OC(=O)O)[C@@H]4C3)nc(-c3ccccc3)n2)CC1. The van der Waals surface area contributed by atoms with Crippen molar-refractivity contribution in [2.24, 2.45) is 11.8 Å². The fourth-order valence-electron chi connectivity index (χ4n) is 5.67. The Hall–Kier alpha value is -4.42. The number of hydrogen-bond donors (Lipinski definition) is 2. The van der Waals surface area contributed by atoms with E-state index in [1.165, 1.54) is 0 Å². The van der Waals surface area contributed by atoms with Crippen LogP contribution in [0.25, 0.3) is 11.4 Å². The van der Waals surface area contributed by atoms with Gasteiger partial charge in [0, 0.05) is 62.7 Å². The third kappa shape index (κ3) is 6.98. The Morgan fingerprint density at radius 1 is 1.00 bits per heavy atom. The Kier molecular flexibility index (Phi) is 9.27. The van der Waals surface area contributed by atoms with Gasteiger partial charge in [0.05, 0.1) is 6.61 Å². The number of carbonyl (C=O) groups is 4. The molecule has 1 unspecified atom stereocenters. The second kappa shape index (κ2) is 13.3. The Labute approximate surface area is 250 Å². The molecule has 3 amide bonds. The summed E-state index contributed by atoms with van der Waals surface area (Å²) in [6, 6.07) is 10.2. The van der Waals surface area contributed by atoms with E-state index in [-0.39, 0.29) is 35.6 Å². The monoisotopic (exact) mass is 594 g/mol. The van der Waals surface area contributed by atoms with Gasteiger partial charge in [0.1, 0.15) is 23.7 Å². The van der Waals surface area contributed by atoms with E-state index in [9.17, 15) is 19.2 Å². The van der Waals surface area contributed by atoms with Crippen molar-refractivity contribution >= 4 is 29.9 Å². The molecule has 1 aliphatic carbocycles. The molecule has 3 aliphatic rings. The van der Waals surface area contributed by atoms with E-state index >= 15 is 0 Å². The molecule has 2 saturated heterocycles. The Morgan fingerprint density at radius 2 is 1.67 bits per heavy atom. The third-order valence-electron chi connectivity index (χ3n) is 8.24. The van der Waals surface area contributed by atoms with Crippen LogP contribution in [0.1, 0.15) is 43.6 Å². The third-order valence-corrected chi connectivity index (χ3v) is 8.24. The van der Waals surface area contributed by atoms with Gasteiger partial charge in [0.2, 0.25) is 5.91 Å². The molecule has 13 nitrogen and oxygen atoms in total. The van der Waals surface area contributed by atoms with Gasteiger partial charge in [-0.1, -0.05) is 50.6 Å². The molecule has 1 aromatic heterocycles. The number of unbranched alkanes of at least 4 members (excludes halogenated alkanes) is 1. The first-order valence-electron chi connectivity index (χ1n) is 14.9. The topological polar surface area (TPSA) is 154 Å². The Bertz CT molecular complexity index is 1320. The zero-order chi connectivity index (χ0) is 30.5. The highest BCUT2D eigenvalue weighted by molar-refractivity contribution is 5.97. The second-order valence-corrected chi connectivity index (χ2v) is 11.1. The number of fused-ring (bicyclic) bond motifs is 1. The first-order valence-corrected chi connectivity index (χ1v) is 14.9. The maximum absolute atomic E-state index is 13.5. The molecule has 0 spiro atoms. The number of nitrogens with zero attached hydrogens (tertiary/aromatic N) is 5. The lowest BCUT2D eigenvalue weighted by Crippen LogP contribution is -2.55. The largest absolute Gasteiger partial charge is 0.506 e. The van der Waals surface area contributed by atoms with Gasteiger partial charge in [0.15, 0.2) is 5.82 Å². The van der Waals surface area contributed by atoms with Crippen molar-refractivity contribution in [1.82, 2.24) is 25.1 Å². The van der Waals surface area contributed by atoms with Gasteiger partial charge >= 0.3 is 12.2 Å². The minimum absolute atomic E-state index is 0.0873. The molecular weight excluding hydrogens is 556 g/mol. The average molecular weight is 595 g/mol. The summed E-state index contributed by atoms with van der Waals surface area (Å²) in [6.07, 6.45) is 0.183. The summed E-state index contributed by atoms with van der Waals surface area (Å²) in [5.41, 5.74) is 0.873. The van der Waals surface area contributed by atoms with Crippen molar-refractivity contribution in [3.8, 4) is 11.4 Å². The Morgan fingerprint density at radius 3 is 2.30 bits per heavy atom. The molecule has 2 aromatic rings. The van der Waals surface area contributed by atoms with Gasteiger partial charge < -0.3 is 34.6 Å². The first-order chi connectivity index (χ1) is 20.8. The summed E-state index contributed by atoms with van der Waals surface area (Å²) in [4.78, 5) is 64.7. The number of rotatable bonds is 10. The minimum Gasteiger partial charge on any atom is -0.450 e. The molecule has 1 aromatic carbocycles. The maximum atomic E-state index is 13.5. The number of nitrogens with one attached hydrogen (secondary N) is 1. The van der Waals surface area contributed by atoms with E-state index < -0.39 is 18.1 Å². The smallest absolute Gasteiger partial charge is 0.450 e. The lowest BCUT2D eigenvalue weighted by Gasteiger charge is -2.35. The highest BCUT2D eigenvalue weighted by Gasteiger charge is 2.59. The molecule has 3 heterocycles. The van der Waals surface area contributed by atoms with Gasteiger partial charge in [-0.25, -0.2) is 19.6 Å². The molecule has 2 aliphatic heterocycles. The summed E-state index contributed by atoms with van der Waals surface area (Å²) in [7, 11) is 0. The van der Waals surface area contributed by atoms with E-state index in [1.54, 1.807) is 15.9 Å². The van der Waals surface area contributed by atoms with Crippen LogP contribution >= 0.6 is 0 Å². The fourth-order valence-corrected chi connectivity index (χ4v) is 5.67. The number of benzene rings is 1. The van der Waals surface area contributed by atoms with E-state index in [1.807, 2.05) is 49.1 Å². The van der Waals surface area contributed by atoms with Crippen molar-refractivity contribution in [3.63, 3.8) is 0 Å². The summed E-state index contributed by atoms with van der Waals surface area (Å²) in [5.74, 6) is 0.408. The summed E-state index contributed by atoms with van der Waals surface area (Å²) >= 11 is 0. The van der Waals surface area contributed by atoms with Gasteiger partial charge in [-0.3, -0.25) is 9.59 Å². The van der Waals surface area contributed by atoms with Crippen LogP contribution < -0.4 is 10.2 Å². The van der Waals surface area contributed by atoms with Gasteiger partial charge in [0.25, 0.3) is 5.91 Å². The van der Waals surface area contributed by atoms with Crippen LogP contribution in [0.3, 0.4) is 0 Å². The summed E-state index contributed by atoms with van der Waals surface area (Å²) < 4.78 is 10.3. The van der Waals surface area contributed by atoms with Crippen molar-refractivity contribution in [1.29, 1.82) is 0 Å². The Balaban J connectivity index is 1.25. The standard InChI is InChI=1S/C30H38N6O7/c1-3-5-15-42-29(39)35-13-11-34(12-14-35)28(38)22(4-2)32-27(37)23-16-24(33-26(31-23)19-9-7-6-8-10-19)36-17-20-21(18-36)25(20)43-30(40)41/h6-10,16,20-22,25H,3-5,11-15,17-18H2,1-2H3,(H,32,37)(H,40,41)/t20-,21+,22-,25?/m0/s1. The highest BCUT2D eigenvalue weighted by Crippen LogP contribution is 2.48. The number of hydrogen-bond acceptors (Lipinski definition) is 9. The van der Waals surface area contributed by atoms with Crippen LogP contribution in [0.2, 0.25) is 0 Å². The van der Waals surface area contributed by atoms with Crippen molar-refractivity contribution in [3.05, 3.63) is 42.1 Å². The number of piperazine rings is 1. The molecule has 230 valence electrons. The molecule has 4 atom stereocenters. The number of aromatic nitrogens is 2. The van der Waals surface area contributed by atoms with Gasteiger partial charge in [-0.15, -0.1) is 0 Å². The molecule has 0 radical (unpaired) electrons. The number of piperidine rings is 1. The number of carboxylic acid groups (broad SMARTS) is 1. The molecule has 13 heteroatoms. The number of ether oxygens (including phenoxy) is 2. The molecule has 2 N–H and O–H groups in total. The van der Waals surface area contributed by atoms with Crippen LogP contribution in [-0.2, 0) is 14.3 Å². The van der Waals surface area contributed by atoms with E-state index in [0.717, 1.165) is 18.4 Å². The van der Waals surface area contributed by atoms with Gasteiger partial charge in [-0.2, -0.15) is 0 Å². The lowest BCUT2D eigenvalue weighted by atomic mass is 10.1. The lowest BCUT2D eigenvalue weighted by molar-refractivity contribution is -0.134. The molecular formula is C30H38N6O7. The molecule has 5 rings (SSSR count). The summed E-state index contributed by atoms with van der Waals surface area (Å²) in [5, 5.41) is 11.8. The molecule has 1 saturated carbocycles. The van der Waals surface area contributed by atoms with E-state index in [0.29, 0.717) is 63.9 Å². The highest BCUT2D eigenvalue weighted by atomic mass is 16.7. The van der Waals surface area contributed by atoms with Crippen molar-refractivity contribution < 1.29 is 33.8 Å². The van der Waals surface area contributed by atoms with Crippen LogP contribution in [0.5, 0.6) is 0 Å². The molecule has 43 heavy (non-hydrogen) atoms. The van der Waals surface area contributed by atoms with Crippen LogP contribution in [0, 0.1) is 11.8 Å². The van der Waals surface area contributed by atoms with E-state index in [2.05, 4.69) is 10.3 Å². The van der Waals surface area contributed by atoms with Gasteiger partial charge in [-0.05, 0) is 12.8 Å². The van der Waals surface area contributed by atoms with Crippen molar-refractivity contribution in [2.45, 2.75) is 45.3 Å². The molecule has 3 fully saturated rings. The number of anilines is 1. The zero-order valence-electron chi connectivity index (χ0n) is 24.5. The van der Waals surface area contributed by atoms with Crippen LogP contribution in [0.15, 0.2) is 36.4 Å². The second-order valence-electron chi connectivity index (χ2n) is 11.1. The van der Waals surface area contributed by atoms with Crippen LogP contribution in [-0.4, -0.2) is 107 Å². The number of carbonyl (C=O) groups excluding carboxylic acids is 3. The zero-order valence-corrected chi connectivity index (χ0v) is 24.5. The summed E-state index contributed by atoms with van der Waals surface area (Å²) in [6.45, 7) is 6.80. The first kappa shape index (κ1) is 30.1. The fraction of sp³-hybridized carbons (Fsp3) is 0.533. The predicted octanol–water partition coefficient (Wildman–Crippen LogP) is 2.86. The van der Waals surface area contributed by atoms with E-state index in [4.69, 9.17) is 19.6 Å². The average Bonchev–Trinajstić information content (AvgIpc) is 3.43. The predicted molar refractivity (Wildman–Crippen MR) is 156 cm³/mol. The number of amides is 3. The minimum atomic E-state index is -1.27.